The van der Waals surface area contributed by atoms with Crippen LogP contribution in [-0.4, -0.2) is 37.7 Å². The first-order valence-corrected chi connectivity index (χ1v) is 7.84. The number of esters is 1. The Morgan fingerprint density at radius 1 is 1.27 bits per heavy atom. The third-order valence-corrected chi connectivity index (χ3v) is 3.20. The molecule has 0 saturated carbocycles. The summed E-state index contributed by atoms with van der Waals surface area (Å²) in [4.78, 5) is 21.7. The summed E-state index contributed by atoms with van der Waals surface area (Å²) >= 11 is 0. The van der Waals surface area contributed by atoms with Crippen LogP contribution in [-0.2, 0) is 19.1 Å². The Hall–Kier alpha value is -1.36. The van der Waals surface area contributed by atoms with Gasteiger partial charge in [0.25, 0.3) is 0 Å². The molecule has 1 unspecified atom stereocenters. The lowest BCUT2D eigenvalue weighted by Gasteiger charge is -2.20. The molecule has 0 saturated heterocycles. The average Bonchev–Trinajstić information content (AvgIpc) is 2.46. The zero-order valence-corrected chi connectivity index (χ0v) is 15.0. The molecule has 0 aromatic heterocycles. The maximum Gasteiger partial charge on any atom is 0.311 e. The standard InChI is InChI=1S/C11H20O3.C6H13NO/c1-5-7-13-8-9-14-10(12)11(3,4)6-2;1-4-5(2)7-6(3)8/h5H,1,6-9H2,2-4H3;5H,4H2,1-3H3,(H,7,8). The highest BCUT2D eigenvalue weighted by Gasteiger charge is 2.26. The van der Waals surface area contributed by atoms with Crippen molar-refractivity contribution < 1.29 is 19.1 Å². The van der Waals surface area contributed by atoms with Crippen molar-refractivity contribution in [3.63, 3.8) is 0 Å². The van der Waals surface area contributed by atoms with Gasteiger partial charge >= 0.3 is 5.97 Å². The highest BCUT2D eigenvalue weighted by atomic mass is 16.6. The number of carbonyl (C=O) groups is 2. The largest absolute Gasteiger partial charge is 0.463 e. The van der Waals surface area contributed by atoms with Gasteiger partial charge in [0.2, 0.25) is 5.91 Å². The fraction of sp³-hybridized carbons (Fsp3) is 0.765. The van der Waals surface area contributed by atoms with E-state index >= 15 is 0 Å². The molecule has 0 bridgehead atoms. The second kappa shape index (κ2) is 13.3. The molecule has 0 aliphatic heterocycles. The topological polar surface area (TPSA) is 64.6 Å². The Morgan fingerprint density at radius 3 is 2.23 bits per heavy atom. The number of hydrogen-bond acceptors (Lipinski definition) is 4. The fourth-order valence-corrected chi connectivity index (χ4v) is 1.15. The Balaban J connectivity index is 0. The van der Waals surface area contributed by atoms with Crippen molar-refractivity contribution in [2.45, 2.75) is 60.4 Å². The molecule has 0 rings (SSSR count). The van der Waals surface area contributed by atoms with Gasteiger partial charge in [-0.2, -0.15) is 0 Å². The van der Waals surface area contributed by atoms with Gasteiger partial charge in [0, 0.05) is 13.0 Å². The number of carbonyl (C=O) groups excluding carboxylic acids is 2. The first-order chi connectivity index (χ1) is 10.2. The van der Waals surface area contributed by atoms with E-state index in [1.165, 1.54) is 6.92 Å². The van der Waals surface area contributed by atoms with Gasteiger partial charge in [-0.05, 0) is 33.6 Å². The van der Waals surface area contributed by atoms with E-state index in [2.05, 4.69) is 11.9 Å². The summed E-state index contributed by atoms with van der Waals surface area (Å²) < 4.78 is 10.1. The van der Waals surface area contributed by atoms with Crippen LogP contribution in [0, 0.1) is 5.41 Å². The van der Waals surface area contributed by atoms with Crippen molar-refractivity contribution in [3.05, 3.63) is 12.7 Å². The predicted octanol–water partition coefficient (Wildman–Crippen LogP) is 3.09. The van der Waals surface area contributed by atoms with Crippen LogP contribution in [0.5, 0.6) is 0 Å². The van der Waals surface area contributed by atoms with Crippen LogP contribution in [0.3, 0.4) is 0 Å². The molecule has 0 heterocycles. The fourth-order valence-electron chi connectivity index (χ4n) is 1.15. The minimum Gasteiger partial charge on any atom is -0.463 e. The lowest BCUT2D eigenvalue weighted by Crippen LogP contribution is -2.29. The van der Waals surface area contributed by atoms with Crippen LogP contribution in [0.15, 0.2) is 12.7 Å². The van der Waals surface area contributed by atoms with Gasteiger partial charge in [-0.3, -0.25) is 9.59 Å². The molecule has 5 heteroatoms. The maximum absolute atomic E-state index is 11.4. The predicted molar refractivity (Wildman–Crippen MR) is 89.6 cm³/mol. The van der Waals surface area contributed by atoms with E-state index in [0.717, 1.165) is 12.8 Å². The Kier molecular flexibility index (Phi) is 13.9. The highest BCUT2D eigenvalue weighted by Crippen LogP contribution is 2.21. The van der Waals surface area contributed by atoms with Crippen molar-refractivity contribution in [1.29, 1.82) is 0 Å². The van der Waals surface area contributed by atoms with Gasteiger partial charge in [-0.1, -0.05) is 19.9 Å². The van der Waals surface area contributed by atoms with Crippen molar-refractivity contribution in [1.82, 2.24) is 5.32 Å². The summed E-state index contributed by atoms with van der Waals surface area (Å²) in [6.45, 7) is 16.0. The van der Waals surface area contributed by atoms with Crippen molar-refractivity contribution in [3.8, 4) is 0 Å². The van der Waals surface area contributed by atoms with E-state index in [4.69, 9.17) is 9.47 Å². The number of nitrogens with one attached hydrogen (secondary N) is 1. The van der Waals surface area contributed by atoms with Gasteiger partial charge < -0.3 is 14.8 Å². The summed E-state index contributed by atoms with van der Waals surface area (Å²) in [5.41, 5.74) is -0.390. The molecular weight excluding hydrogens is 282 g/mol. The molecule has 1 amide bonds. The van der Waals surface area contributed by atoms with Gasteiger partial charge in [-0.25, -0.2) is 0 Å². The summed E-state index contributed by atoms with van der Waals surface area (Å²) in [5.74, 6) is -0.110. The van der Waals surface area contributed by atoms with Crippen molar-refractivity contribution in [2.75, 3.05) is 19.8 Å². The lowest BCUT2D eigenvalue weighted by molar-refractivity contribution is -0.155. The zero-order valence-electron chi connectivity index (χ0n) is 15.0. The van der Waals surface area contributed by atoms with E-state index in [1.807, 2.05) is 34.6 Å². The molecule has 5 nitrogen and oxygen atoms in total. The monoisotopic (exact) mass is 315 g/mol. The Morgan fingerprint density at radius 2 is 1.86 bits per heavy atom. The van der Waals surface area contributed by atoms with Crippen LogP contribution in [0.2, 0.25) is 0 Å². The van der Waals surface area contributed by atoms with E-state index in [0.29, 0.717) is 25.9 Å². The molecule has 130 valence electrons. The lowest BCUT2D eigenvalue weighted by atomic mass is 9.91. The summed E-state index contributed by atoms with van der Waals surface area (Å²) in [6.07, 6.45) is 3.44. The quantitative estimate of drug-likeness (QED) is 0.403. The normalized spacial score (nSPS) is 11.7. The second-order valence-corrected chi connectivity index (χ2v) is 5.75. The second-order valence-electron chi connectivity index (χ2n) is 5.75. The van der Waals surface area contributed by atoms with E-state index in [1.54, 1.807) is 6.08 Å². The molecule has 22 heavy (non-hydrogen) atoms. The summed E-state index contributed by atoms with van der Waals surface area (Å²) in [7, 11) is 0. The molecule has 0 aromatic carbocycles. The van der Waals surface area contributed by atoms with Crippen LogP contribution in [0.1, 0.15) is 54.4 Å². The Labute approximate surface area is 135 Å². The molecule has 0 aliphatic carbocycles. The van der Waals surface area contributed by atoms with E-state index in [9.17, 15) is 9.59 Å². The number of rotatable bonds is 9. The van der Waals surface area contributed by atoms with Gasteiger partial charge in [0.15, 0.2) is 0 Å². The molecule has 0 aliphatic rings. The molecule has 0 radical (unpaired) electrons. The summed E-state index contributed by atoms with van der Waals surface area (Å²) in [5, 5.41) is 2.75. The Bertz CT molecular complexity index is 327. The van der Waals surface area contributed by atoms with Crippen LogP contribution in [0.4, 0.5) is 0 Å². The van der Waals surface area contributed by atoms with Gasteiger partial charge in [0.1, 0.15) is 6.61 Å². The summed E-state index contributed by atoms with van der Waals surface area (Å²) in [6, 6.07) is 0.326. The minimum absolute atomic E-state index is 0.0550. The number of amides is 1. The van der Waals surface area contributed by atoms with Crippen LogP contribution >= 0.6 is 0 Å². The van der Waals surface area contributed by atoms with Crippen LogP contribution < -0.4 is 5.32 Å². The maximum atomic E-state index is 11.4. The van der Waals surface area contributed by atoms with Crippen molar-refractivity contribution >= 4 is 11.9 Å². The first kappa shape index (κ1) is 22.9. The van der Waals surface area contributed by atoms with Gasteiger partial charge in [0.05, 0.1) is 18.6 Å². The molecule has 1 atom stereocenters. The van der Waals surface area contributed by atoms with Crippen molar-refractivity contribution in [2.24, 2.45) is 5.41 Å². The molecule has 0 aromatic rings. The molecule has 0 fully saturated rings. The third-order valence-electron chi connectivity index (χ3n) is 3.20. The number of ether oxygens (including phenoxy) is 2. The molecule has 0 spiro atoms. The van der Waals surface area contributed by atoms with Crippen LogP contribution in [0.25, 0.3) is 0 Å². The van der Waals surface area contributed by atoms with E-state index in [-0.39, 0.29) is 11.9 Å². The zero-order chi connectivity index (χ0) is 17.6. The molecule has 1 N–H and O–H groups in total. The minimum atomic E-state index is -0.390. The third kappa shape index (κ3) is 13.6. The van der Waals surface area contributed by atoms with E-state index < -0.39 is 5.41 Å². The number of hydrogen-bond donors (Lipinski definition) is 1. The smallest absolute Gasteiger partial charge is 0.311 e. The molecular formula is C17H33NO4. The highest BCUT2D eigenvalue weighted by molar-refractivity contribution is 5.75. The average molecular weight is 315 g/mol. The SMILES string of the molecule is C=CCOCCOC(=O)C(C)(C)CC.CCC(C)NC(C)=O. The first-order valence-electron chi connectivity index (χ1n) is 7.84. The van der Waals surface area contributed by atoms with Gasteiger partial charge in [-0.15, -0.1) is 6.58 Å².